The minimum atomic E-state index is 0.418. The molecule has 1 aliphatic rings. The standard InChI is InChI=1S/C12H17ClN2/c1-2-14-12(9-4-3-5-9)11-7-6-10(13)8-15-11/h6-9,12,14H,2-5H2,1H3. The van der Waals surface area contributed by atoms with Crippen molar-refractivity contribution in [2.24, 2.45) is 5.92 Å². The van der Waals surface area contributed by atoms with E-state index < -0.39 is 0 Å². The molecule has 2 rings (SSSR count). The second kappa shape index (κ2) is 4.95. The summed E-state index contributed by atoms with van der Waals surface area (Å²) in [5.41, 5.74) is 1.13. The largest absolute Gasteiger partial charge is 0.309 e. The van der Waals surface area contributed by atoms with Gasteiger partial charge in [0.15, 0.2) is 0 Å². The second-order valence-corrected chi connectivity index (χ2v) is 4.56. The highest BCUT2D eigenvalue weighted by molar-refractivity contribution is 6.30. The molecule has 2 nitrogen and oxygen atoms in total. The van der Waals surface area contributed by atoms with Crippen LogP contribution in [-0.2, 0) is 0 Å². The number of aromatic nitrogens is 1. The Bertz CT molecular complexity index is 306. The Labute approximate surface area is 96.1 Å². The highest BCUT2D eigenvalue weighted by atomic mass is 35.5. The molecule has 1 aliphatic carbocycles. The summed E-state index contributed by atoms with van der Waals surface area (Å²) in [6, 6.07) is 4.38. The van der Waals surface area contributed by atoms with Crippen molar-refractivity contribution >= 4 is 11.6 Å². The Morgan fingerprint density at radius 1 is 1.53 bits per heavy atom. The molecule has 1 unspecified atom stereocenters. The molecule has 3 heteroatoms. The molecule has 0 aromatic carbocycles. The zero-order valence-electron chi connectivity index (χ0n) is 9.04. The number of hydrogen-bond donors (Lipinski definition) is 1. The number of nitrogens with one attached hydrogen (secondary N) is 1. The van der Waals surface area contributed by atoms with Gasteiger partial charge in [-0.1, -0.05) is 24.9 Å². The molecule has 1 saturated carbocycles. The van der Waals surface area contributed by atoms with Gasteiger partial charge >= 0.3 is 0 Å². The number of hydrogen-bond acceptors (Lipinski definition) is 2. The summed E-state index contributed by atoms with van der Waals surface area (Å²) >= 11 is 5.84. The molecule has 1 aromatic heterocycles. The first-order chi connectivity index (χ1) is 7.31. The van der Waals surface area contributed by atoms with Crippen molar-refractivity contribution in [3.8, 4) is 0 Å². The molecule has 82 valence electrons. The normalized spacial score (nSPS) is 18.5. The Hall–Kier alpha value is -0.600. The molecule has 15 heavy (non-hydrogen) atoms. The van der Waals surface area contributed by atoms with Crippen molar-refractivity contribution in [1.82, 2.24) is 10.3 Å². The van der Waals surface area contributed by atoms with Gasteiger partial charge in [0.2, 0.25) is 0 Å². The van der Waals surface area contributed by atoms with Crippen LogP contribution in [0.3, 0.4) is 0 Å². The Morgan fingerprint density at radius 3 is 2.80 bits per heavy atom. The van der Waals surface area contributed by atoms with E-state index >= 15 is 0 Å². The lowest BCUT2D eigenvalue weighted by molar-refractivity contribution is 0.229. The van der Waals surface area contributed by atoms with Gasteiger partial charge in [0, 0.05) is 6.20 Å². The summed E-state index contributed by atoms with van der Waals surface area (Å²) in [5, 5.41) is 4.23. The minimum absolute atomic E-state index is 0.418. The predicted molar refractivity (Wildman–Crippen MR) is 63.0 cm³/mol. The maximum absolute atomic E-state index is 5.84. The summed E-state index contributed by atoms with van der Waals surface area (Å²) < 4.78 is 0. The van der Waals surface area contributed by atoms with Gasteiger partial charge in [-0.05, 0) is 37.4 Å². The van der Waals surface area contributed by atoms with E-state index in [1.165, 1.54) is 19.3 Å². The maximum Gasteiger partial charge on any atom is 0.0589 e. The first-order valence-corrected chi connectivity index (χ1v) is 6.04. The number of pyridine rings is 1. The zero-order valence-corrected chi connectivity index (χ0v) is 9.80. The number of rotatable bonds is 4. The number of nitrogens with zero attached hydrogens (tertiary/aromatic N) is 1. The van der Waals surface area contributed by atoms with Crippen LogP contribution in [0.1, 0.15) is 37.9 Å². The number of halogens is 1. The van der Waals surface area contributed by atoms with Gasteiger partial charge in [-0.3, -0.25) is 4.98 Å². The second-order valence-electron chi connectivity index (χ2n) is 4.13. The van der Waals surface area contributed by atoms with Crippen LogP contribution >= 0.6 is 11.6 Å². The molecular weight excluding hydrogens is 208 g/mol. The molecule has 0 amide bonds. The molecular formula is C12H17ClN2. The Morgan fingerprint density at radius 2 is 2.33 bits per heavy atom. The van der Waals surface area contributed by atoms with Gasteiger partial charge in [0.05, 0.1) is 16.8 Å². The van der Waals surface area contributed by atoms with Gasteiger partial charge in [-0.2, -0.15) is 0 Å². The van der Waals surface area contributed by atoms with E-state index in [9.17, 15) is 0 Å². The summed E-state index contributed by atoms with van der Waals surface area (Å²) in [6.07, 6.45) is 5.74. The lowest BCUT2D eigenvalue weighted by atomic mass is 9.78. The van der Waals surface area contributed by atoms with E-state index in [0.29, 0.717) is 11.1 Å². The molecule has 1 heterocycles. The third kappa shape index (κ3) is 2.50. The van der Waals surface area contributed by atoms with Gasteiger partial charge in [0.25, 0.3) is 0 Å². The van der Waals surface area contributed by atoms with Crippen molar-refractivity contribution < 1.29 is 0 Å². The minimum Gasteiger partial charge on any atom is -0.309 e. The monoisotopic (exact) mass is 224 g/mol. The van der Waals surface area contributed by atoms with E-state index in [0.717, 1.165) is 18.2 Å². The Balaban J connectivity index is 2.12. The van der Waals surface area contributed by atoms with E-state index in [1.807, 2.05) is 12.1 Å². The van der Waals surface area contributed by atoms with E-state index in [4.69, 9.17) is 11.6 Å². The molecule has 1 fully saturated rings. The lowest BCUT2D eigenvalue weighted by Crippen LogP contribution is -2.32. The van der Waals surface area contributed by atoms with E-state index in [2.05, 4.69) is 17.2 Å². The molecule has 1 atom stereocenters. The van der Waals surface area contributed by atoms with Crippen molar-refractivity contribution in [2.75, 3.05) is 6.54 Å². The first-order valence-electron chi connectivity index (χ1n) is 5.66. The van der Waals surface area contributed by atoms with Crippen molar-refractivity contribution in [3.63, 3.8) is 0 Å². The maximum atomic E-state index is 5.84. The molecule has 0 spiro atoms. The first kappa shape index (κ1) is 10.9. The summed E-state index contributed by atoms with van der Waals surface area (Å²) in [5.74, 6) is 0.763. The van der Waals surface area contributed by atoms with Crippen LogP contribution in [0.2, 0.25) is 5.02 Å². The fraction of sp³-hybridized carbons (Fsp3) is 0.583. The molecule has 0 radical (unpaired) electrons. The Kier molecular flexibility index (Phi) is 3.60. The van der Waals surface area contributed by atoms with Crippen LogP contribution in [0.15, 0.2) is 18.3 Å². The van der Waals surface area contributed by atoms with Crippen molar-refractivity contribution in [2.45, 2.75) is 32.2 Å². The van der Waals surface area contributed by atoms with Crippen LogP contribution < -0.4 is 5.32 Å². The van der Waals surface area contributed by atoms with Gasteiger partial charge < -0.3 is 5.32 Å². The van der Waals surface area contributed by atoms with Crippen LogP contribution in [-0.4, -0.2) is 11.5 Å². The predicted octanol–water partition coefficient (Wildman–Crippen LogP) is 3.19. The van der Waals surface area contributed by atoms with Gasteiger partial charge in [-0.15, -0.1) is 0 Å². The van der Waals surface area contributed by atoms with Gasteiger partial charge in [-0.25, -0.2) is 0 Å². The zero-order chi connectivity index (χ0) is 10.7. The molecule has 0 aliphatic heterocycles. The smallest absolute Gasteiger partial charge is 0.0589 e. The molecule has 1 aromatic rings. The van der Waals surface area contributed by atoms with E-state index in [1.54, 1.807) is 6.20 Å². The third-order valence-corrected chi connectivity index (χ3v) is 3.34. The molecule has 0 saturated heterocycles. The van der Waals surface area contributed by atoms with Crippen LogP contribution in [0.25, 0.3) is 0 Å². The fourth-order valence-electron chi connectivity index (χ4n) is 2.08. The summed E-state index contributed by atoms with van der Waals surface area (Å²) in [7, 11) is 0. The van der Waals surface area contributed by atoms with Crippen LogP contribution in [0.4, 0.5) is 0 Å². The molecule has 1 N–H and O–H groups in total. The van der Waals surface area contributed by atoms with E-state index in [-0.39, 0.29) is 0 Å². The topological polar surface area (TPSA) is 24.9 Å². The molecule has 0 bridgehead atoms. The summed E-state index contributed by atoms with van der Waals surface area (Å²) in [4.78, 5) is 4.41. The van der Waals surface area contributed by atoms with Gasteiger partial charge in [0.1, 0.15) is 0 Å². The fourth-order valence-corrected chi connectivity index (χ4v) is 2.19. The summed E-state index contributed by atoms with van der Waals surface area (Å²) in [6.45, 7) is 3.13. The SMILES string of the molecule is CCNC(c1ccc(Cl)cn1)C1CCC1. The average Bonchev–Trinajstić information content (AvgIpc) is 2.16. The van der Waals surface area contributed by atoms with Crippen LogP contribution in [0.5, 0.6) is 0 Å². The van der Waals surface area contributed by atoms with Crippen molar-refractivity contribution in [1.29, 1.82) is 0 Å². The average molecular weight is 225 g/mol. The quantitative estimate of drug-likeness (QED) is 0.850. The highest BCUT2D eigenvalue weighted by Crippen LogP contribution is 2.37. The third-order valence-electron chi connectivity index (χ3n) is 3.11. The van der Waals surface area contributed by atoms with Crippen LogP contribution in [0, 0.1) is 5.92 Å². The van der Waals surface area contributed by atoms with Crippen molar-refractivity contribution in [3.05, 3.63) is 29.0 Å². The lowest BCUT2D eigenvalue weighted by Gasteiger charge is -2.33. The highest BCUT2D eigenvalue weighted by Gasteiger charge is 2.28.